The number of aryl methyl sites for hydroxylation is 2. The van der Waals surface area contributed by atoms with E-state index in [2.05, 4.69) is 31.4 Å². The average Bonchev–Trinajstić information content (AvgIpc) is 3.06. The van der Waals surface area contributed by atoms with Gasteiger partial charge in [-0.3, -0.25) is 0 Å². The molecule has 1 saturated heterocycles. The van der Waals surface area contributed by atoms with Crippen LogP contribution in [-0.2, 0) is 24.6 Å². The molecular weight excluding hydrogens is 306 g/mol. The summed E-state index contributed by atoms with van der Waals surface area (Å²) in [5, 5.41) is 26.4. The second-order valence-corrected chi connectivity index (χ2v) is 5.75. The van der Waals surface area contributed by atoms with Gasteiger partial charge in [0.2, 0.25) is 0 Å². The van der Waals surface area contributed by atoms with Crippen molar-refractivity contribution in [2.24, 2.45) is 7.05 Å². The van der Waals surface area contributed by atoms with E-state index < -0.39 is 0 Å². The van der Waals surface area contributed by atoms with E-state index in [9.17, 15) is 5.26 Å². The van der Waals surface area contributed by atoms with Crippen molar-refractivity contribution in [2.75, 3.05) is 24.6 Å². The molecule has 0 radical (unpaired) electrons. The van der Waals surface area contributed by atoms with Gasteiger partial charge in [0.1, 0.15) is 24.1 Å². The lowest BCUT2D eigenvalue weighted by atomic mass is 10.0. The van der Waals surface area contributed by atoms with Crippen LogP contribution >= 0.6 is 0 Å². The molecule has 2 aromatic rings. The second kappa shape index (κ2) is 6.93. The zero-order valence-electron chi connectivity index (χ0n) is 14.2. The Hall–Kier alpha value is -2.53. The molecule has 126 valence electrons. The first kappa shape index (κ1) is 16.3. The molecule has 0 N–H and O–H groups in total. The summed E-state index contributed by atoms with van der Waals surface area (Å²) in [5.41, 5.74) is 2.52. The molecule has 0 spiro atoms. The zero-order chi connectivity index (χ0) is 17.1. The largest absolute Gasteiger partial charge is 0.366 e. The number of anilines is 1. The Kier molecular flexibility index (Phi) is 4.71. The lowest BCUT2D eigenvalue weighted by Gasteiger charge is -2.33. The number of morpholine rings is 1. The summed E-state index contributed by atoms with van der Waals surface area (Å²) in [6.45, 7) is 5.86. The molecular formula is C16H21N7O. The molecule has 0 aliphatic carbocycles. The average molecular weight is 327 g/mol. The first-order chi connectivity index (χ1) is 11.7. The summed E-state index contributed by atoms with van der Waals surface area (Å²) in [6, 6.07) is 2.33. The number of hydrogen-bond donors (Lipinski definition) is 0. The number of ether oxygens (including phenoxy) is 1. The van der Waals surface area contributed by atoms with Gasteiger partial charge in [-0.05, 0) is 18.4 Å². The minimum absolute atomic E-state index is 0.199. The molecule has 0 aromatic carbocycles. The Bertz CT molecular complexity index is 764. The normalized spacial score (nSPS) is 17.8. The number of aromatic nitrogens is 5. The van der Waals surface area contributed by atoms with E-state index in [4.69, 9.17) is 4.74 Å². The van der Waals surface area contributed by atoms with Crippen LogP contribution in [-0.4, -0.2) is 44.7 Å². The fourth-order valence-corrected chi connectivity index (χ4v) is 3.08. The molecule has 0 saturated carbocycles. The van der Waals surface area contributed by atoms with Gasteiger partial charge in [-0.15, -0.1) is 15.3 Å². The van der Waals surface area contributed by atoms with Crippen LogP contribution in [0.4, 0.5) is 5.82 Å². The van der Waals surface area contributed by atoms with Crippen molar-refractivity contribution in [3.63, 3.8) is 0 Å². The molecule has 1 fully saturated rings. The van der Waals surface area contributed by atoms with Crippen LogP contribution in [0.3, 0.4) is 0 Å². The number of rotatable bonds is 4. The van der Waals surface area contributed by atoms with E-state index >= 15 is 0 Å². The first-order valence-electron chi connectivity index (χ1n) is 8.18. The maximum absolute atomic E-state index is 9.67. The van der Waals surface area contributed by atoms with Gasteiger partial charge in [-0.2, -0.15) is 10.4 Å². The topological polar surface area (TPSA) is 92.8 Å². The highest BCUT2D eigenvalue weighted by Crippen LogP contribution is 2.28. The van der Waals surface area contributed by atoms with Crippen LogP contribution in [0.25, 0.3) is 0 Å². The van der Waals surface area contributed by atoms with Gasteiger partial charge in [0.25, 0.3) is 0 Å². The SMILES string of the molecule is CCc1nnc(N2CCO[C@@H](c3nncn3C)C2)c(C#N)c1CC. The quantitative estimate of drug-likeness (QED) is 0.832. The lowest BCUT2D eigenvalue weighted by molar-refractivity contribution is 0.0318. The Morgan fingerprint density at radius 3 is 2.75 bits per heavy atom. The molecule has 24 heavy (non-hydrogen) atoms. The van der Waals surface area contributed by atoms with Crippen LogP contribution in [0.15, 0.2) is 6.33 Å². The van der Waals surface area contributed by atoms with Gasteiger partial charge in [0, 0.05) is 13.6 Å². The van der Waals surface area contributed by atoms with Crippen LogP contribution < -0.4 is 4.90 Å². The van der Waals surface area contributed by atoms with Crippen molar-refractivity contribution in [1.82, 2.24) is 25.0 Å². The van der Waals surface area contributed by atoms with E-state index in [0.29, 0.717) is 31.1 Å². The number of hydrogen-bond acceptors (Lipinski definition) is 7. The Labute approximate surface area is 141 Å². The van der Waals surface area contributed by atoms with E-state index in [-0.39, 0.29) is 6.10 Å². The predicted molar refractivity (Wildman–Crippen MR) is 87.4 cm³/mol. The van der Waals surface area contributed by atoms with E-state index in [1.54, 1.807) is 6.33 Å². The van der Waals surface area contributed by atoms with Crippen LogP contribution in [0.5, 0.6) is 0 Å². The smallest absolute Gasteiger partial charge is 0.169 e. The van der Waals surface area contributed by atoms with Crippen LogP contribution in [0, 0.1) is 11.3 Å². The molecule has 0 bridgehead atoms. The standard InChI is InChI=1S/C16H21N7O/c1-4-11-12(8-17)15(21-19-13(11)5-2)23-6-7-24-14(9-23)16-20-18-10-22(16)3/h10,14H,4-7,9H2,1-3H3/t14-/m1/s1. The highest BCUT2D eigenvalue weighted by molar-refractivity contribution is 5.58. The highest BCUT2D eigenvalue weighted by Gasteiger charge is 2.29. The summed E-state index contributed by atoms with van der Waals surface area (Å²) >= 11 is 0. The van der Waals surface area contributed by atoms with Gasteiger partial charge < -0.3 is 14.2 Å². The van der Waals surface area contributed by atoms with E-state index in [0.717, 1.165) is 29.9 Å². The van der Waals surface area contributed by atoms with E-state index in [1.165, 1.54) is 0 Å². The third-order valence-corrected chi connectivity index (χ3v) is 4.34. The lowest BCUT2D eigenvalue weighted by Crippen LogP contribution is -2.40. The van der Waals surface area contributed by atoms with Gasteiger partial charge >= 0.3 is 0 Å². The maximum atomic E-state index is 9.67. The molecule has 3 heterocycles. The van der Waals surface area contributed by atoms with Gasteiger partial charge in [0.15, 0.2) is 11.6 Å². The van der Waals surface area contributed by atoms with Crippen molar-refractivity contribution < 1.29 is 4.74 Å². The Morgan fingerprint density at radius 2 is 2.12 bits per heavy atom. The monoisotopic (exact) mass is 327 g/mol. The van der Waals surface area contributed by atoms with Crippen molar-refractivity contribution in [3.8, 4) is 6.07 Å². The maximum Gasteiger partial charge on any atom is 0.169 e. The molecule has 2 aromatic heterocycles. The second-order valence-electron chi connectivity index (χ2n) is 5.75. The third-order valence-electron chi connectivity index (χ3n) is 4.34. The predicted octanol–water partition coefficient (Wildman–Crippen LogP) is 1.18. The number of nitrogens with zero attached hydrogens (tertiary/aromatic N) is 7. The Balaban J connectivity index is 1.94. The summed E-state index contributed by atoms with van der Waals surface area (Å²) in [4.78, 5) is 2.06. The summed E-state index contributed by atoms with van der Waals surface area (Å²) in [6.07, 6.45) is 3.00. The van der Waals surface area contributed by atoms with Crippen molar-refractivity contribution in [2.45, 2.75) is 32.8 Å². The summed E-state index contributed by atoms with van der Waals surface area (Å²) in [5.74, 6) is 1.41. The number of nitriles is 1. The van der Waals surface area contributed by atoms with Gasteiger partial charge in [-0.25, -0.2) is 0 Å². The van der Waals surface area contributed by atoms with E-state index in [1.807, 2.05) is 25.5 Å². The Morgan fingerprint density at radius 1 is 1.29 bits per heavy atom. The minimum Gasteiger partial charge on any atom is -0.366 e. The molecule has 0 amide bonds. The molecule has 1 atom stereocenters. The highest BCUT2D eigenvalue weighted by atomic mass is 16.5. The van der Waals surface area contributed by atoms with Gasteiger partial charge in [-0.1, -0.05) is 13.8 Å². The van der Waals surface area contributed by atoms with Crippen molar-refractivity contribution in [1.29, 1.82) is 5.26 Å². The molecule has 0 unspecified atom stereocenters. The molecule has 8 heteroatoms. The molecule has 8 nitrogen and oxygen atoms in total. The summed E-state index contributed by atoms with van der Waals surface area (Å²) in [7, 11) is 1.89. The van der Waals surface area contributed by atoms with Crippen molar-refractivity contribution >= 4 is 5.82 Å². The fraction of sp³-hybridized carbons (Fsp3) is 0.562. The van der Waals surface area contributed by atoms with Crippen molar-refractivity contribution in [3.05, 3.63) is 29.0 Å². The summed E-state index contributed by atoms with van der Waals surface area (Å²) < 4.78 is 7.68. The third kappa shape index (κ3) is 2.83. The molecule has 3 rings (SSSR count). The van der Waals surface area contributed by atoms with Crippen LogP contribution in [0.2, 0.25) is 0 Å². The minimum atomic E-state index is -0.199. The molecule has 1 aliphatic heterocycles. The van der Waals surface area contributed by atoms with Gasteiger partial charge in [0.05, 0.1) is 18.8 Å². The van der Waals surface area contributed by atoms with Crippen LogP contribution in [0.1, 0.15) is 42.6 Å². The zero-order valence-corrected chi connectivity index (χ0v) is 14.2. The first-order valence-corrected chi connectivity index (χ1v) is 8.18. The molecule has 1 aliphatic rings. The fourth-order valence-electron chi connectivity index (χ4n) is 3.08.